The fraction of sp³-hybridized carbons (Fsp3) is 0.826. The topological polar surface area (TPSA) is 63.6 Å². The van der Waals surface area contributed by atoms with Crippen molar-refractivity contribution in [2.45, 2.75) is 84.2 Å². The number of carbonyl (C=O) groups is 2. The van der Waals surface area contributed by atoms with Gasteiger partial charge in [0.05, 0.1) is 18.6 Å². The van der Waals surface area contributed by atoms with Crippen molar-refractivity contribution < 1.29 is 19.4 Å². The minimum atomic E-state index is -0.936. The van der Waals surface area contributed by atoms with E-state index in [1.165, 1.54) is 5.57 Å². The Kier molecular flexibility index (Phi) is 4.57. The molecule has 3 saturated carbocycles. The van der Waals surface area contributed by atoms with Crippen molar-refractivity contribution in [2.75, 3.05) is 6.61 Å². The van der Waals surface area contributed by atoms with Crippen LogP contribution >= 0.6 is 0 Å². The van der Waals surface area contributed by atoms with Gasteiger partial charge in [-0.3, -0.25) is 9.59 Å². The predicted octanol–water partition coefficient (Wildman–Crippen LogP) is 4.20. The molecular formula is C23H34O4. The molecule has 0 aromatic carbocycles. The summed E-state index contributed by atoms with van der Waals surface area (Å²) in [7, 11) is 0. The number of ether oxygens (including phenoxy) is 1. The molecule has 0 radical (unpaired) electrons. The van der Waals surface area contributed by atoms with Gasteiger partial charge < -0.3 is 9.84 Å². The molecule has 1 N–H and O–H groups in total. The first kappa shape index (κ1) is 19.2. The average Bonchev–Trinajstić information content (AvgIpc) is 2.87. The number of allylic oxidation sites excluding steroid dienone is 1. The maximum atomic E-state index is 12.2. The maximum Gasteiger partial charge on any atom is 0.308 e. The SMILES string of the molecule is CCOC(=O)CC1(O)CC[C@H]2[C@@H]3CCC4=CC(=O)CC[C@]4(C)[C@@H]3CC[C@@]21C. The van der Waals surface area contributed by atoms with Gasteiger partial charge >= 0.3 is 5.97 Å². The minimum Gasteiger partial charge on any atom is -0.466 e. The highest BCUT2D eigenvalue weighted by Crippen LogP contribution is 2.68. The van der Waals surface area contributed by atoms with Crippen LogP contribution in [0.3, 0.4) is 0 Å². The summed E-state index contributed by atoms with van der Waals surface area (Å²) in [4.78, 5) is 24.1. The summed E-state index contributed by atoms with van der Waals surface area (Å²) < 4.78 is 5.16. The second-order valence-corrected chi connectivity index (χ2v) is 9.98. The number of fused-ring (bicyclic) bond motifs is 5. The van der Waals surface area contributed by atoms with Crippen molar-refractivity contribution in [3.8, 4) is 0 Å². The molecule has 0 aliphatic heterocycles. The zero-order chi connectivity index (χ0) is 19.4. The molecule has 4 rings (SSSR count). The Hall–Kier alpha value is -1.16. The van der Waals surface area contributed by atoms with Crippen LogP contribution in [0.25, 0.3) is 0 Å². The third-order valence-electron chi connectivity index (χ3n) is 9.03. The van der Waals surface area contributed by atoms with Crippen LogP contribution < -0.4 is 0 Å². The second-order valence-electron chi connectivity index (χ2n) is 9.98. The quantitative estimate of drug-likeness (QED) is 0.752. The predicted molar refractivity (Wildman–Crippen MR) is 103 cm³/mol. The lowest BCUT2D eigenvalue weighted by Crippen LogP contribution is -2.55. The summed E-state index contributed by atoms with van der Waals surface area (Å²) >= 11 is 0. The van der Waals surface area contributed by atoms with Gasteiger partial charge in [0.1, 0.15) is 0 Å². The summed E-state index contributed by atoms with van der Waals surface area (Å²) in [6, 6.07) is 0. The molecule has 0 spiro atoms. The first-order valence-electron chi connectivity index (χ1n) is 10.9. The lowest BCUT2D eigenvalue weighted by Gasteiger charge is -2.59. The van der Waals surface area contributed by atoms with Gasteiger partial charge in [0, 0.05) is 6.42 Å². The number of ketones is 1. The molecule has 0 amide bonds. The van der Waals surface area contributed by atoms with E-state index in [9.17, 15) is 14.7 Å². The van der Waals surface area contributed by atoms with Crippen molar-refractivity contribution in [3.05, 3.63) is 11.6 Å². The molecule has 4 heteroatoms. The van der Waals surface area contributed by atoms with Crippen LogP contribution in [0.2, 0.25) is 0 Å². The standard InChI is InChI=1S/C23H34O4/c1-4-27-20(25)14-23(26)12-9-19-17-6-5-15-13-16(24)7-10-21(15,2)18(17)8-11-22(19,23)3/h13,17-19,26H,4-12,14H2,1-3H3/t17-,18-,19+,21+,22+,23?/m1/s1. The zero-order valence-electron chi connectivity index (χ0n) is 17.1. The molecule has 0 saturated heterocycles. The average molecular weight is 375 g/mol. The second kappa shape index (κ2) is 6.43. The Morgan fingerprint density at radius 2 is 1.89 bits per heavy atom. The van der Waals surface area contributed by atoms with E-state index in [-0.39, 0.29) is 23.2 Å². The molecule has 4 nitrogen and oxygen atoms in total. The van der Waals surface area contributed by atoms with Gasteiger partial charge in [-0.05, 0) is 86.5 Å². The molecule has 0 aromatic heterocycles. The third kappa shape index (κ3) is 2.73. The fourth-order valence-electron chi connectivity index (χ4n) is 7.41. The van der Waals surface area contributed by atoms with E-state index in [2.05, 4.69) is 13.8 Å². The largest absolute Gasteiger partial charge is 0.466 e. The van der Waals surface area contributed by atoms with E-state index in [4.69, 9.17) is 4.74 Å². The van der Waals surface area contributed by atoms with Crippen molar-refractivity contribution in [1.82, 2.24) is 0 Å². The number of esters is 1. The lowest BCUT2D eigenvalue weighted by atomic mass is 9.46. The van der Waals surface area contributed by atoms with Crippen molar-refractivity contribution in [3.63, 3.8) is 0 Å². The van der Waals surface area contributed by atoms with E-state index in [1.54, 1.807) is 0 Å². The van der Waals surface area contributed by atoms with Gasteiger partial charge in [0.25, 0.3) is 0 Å². The molecule has 27 heavy (non-hydrogen) atoms. The molecular weight excluding hydrogens is 340 g/mol. The minimum absolute atomic E-state index is 0.127. The molecule has 6 atom stereocenters. The van der Waals surface area contributed by atoms with E-state index in [0.29, 0.717) is 43.0 Å². The molecule has 0 aromatic rings. The van der Waals surface area contributed by atoms with Crippen LogP contribution in [0.15, 0.2) is 11.6 Å². The Labute approximate surface area is 162 Å². The number of aliphatic hydroxyl groups is 1. The first-order chi connectivity index (χ1) is 12.7. The van der Waals surface area contributed by atoms with E-state index in [1.807, 2.05) is 13.0 Å². The highest BCUT2D eigenvalue weighted by Gasteiger charge is 2.64. The number of hydrogen-bond donors (Lipinski definition) is 1. The highest BCUT2D eigenvalue weighted by atomic mass is 16.5. The summed E-state index contributed by atoms with van der Waals surface area (Å²) in [5.74, 6) is 1.69. The number of hydrogen-bond acceptors (Lipinski definition) is 4. The summed E-state index contributed by atoms with van der Waals surface area (Å²) in [5.41, 5.74) is 0.389. The monoisotopic (exact) mass is 374 g/mol. The van der Waals surface area contributed by atoms with Crippen LogP contribution in [-0.2, 0) is 14.3 Å². The van der Waals surface area contributed by atoms with Crippen LogP contribution in [0.5, 0.6) is 0 Å². The molecule has 4 aliphatic rings. The summed E-state index contributed by atoms with van der Waals surface area (Å²) in [6.07, 6.45) is 9.63. The number of carbonyl (C=O) groups excluding carboxylic acids is 2. The Balaban J connectivity index is 1.60. The Morgan fingerprint density at radius 3 is 2.63 bits per heavy atom. The molecule has 0 bridgehead atoms. The van der Waals surface area contributed by atoms with Crippen LogP contribution in [0.1, 0.15) is 78.6 Å². The highest BCUT2D eigenvalue weighted by molar-refractivity contribution is 5.91. The maximum absolute atomic E-state index is 12.2. The Bertz CT molecular complexity index is 682. The molecule has 0 heterocycles. The summed E-state index contributed by atoms with van der Waals surface area (Å²) in [5, 5.41) is 11.5. The zero-order valence-corrected chi connectivity index (χ0v) is 17.1. The fourth-order valence-corrected chi connectivity index (χ4v) is 7.41. The van der Waals surface area contributed by atoms with Crippen molar-refractivity contribution in [1.29, 1.82) is 0 Å². The number of rotatable bonds is 3. The smallest absolute Gasteiger partial charge is 0.308 e. The van der Waals surface area contributed by atoms with Gasteiger partial charge in [0.2, 0.25) is 0 Å². The van der Waals surface area contributed by atoms with E-state index < -0.39 is 5.60 Å². The van der Waals surface area contributed by atoms with Gasteiger partial charge in [-0.25, -0.2) is 0 Å². The molecule has 3 fully saturated rings. The van der Waals surface area contributed by atoms with Gasteiger partial charge in [-0.2, -0.15) is 0 Å². The van der Waals surface area contributed by atoms with Crippen LogP contribution in [0.4, 0.5) is 0 Å². The summed E-state index contributed by atoms with van der Waals surface area (Å²) in [6.45, 7) is 6.78. The Morgan fingerprint density at radius 1 is 1.15 bits per heavy atom. The van der Waals surface area contributed by atoms with Gasteiger partial charge in [-0.15, -0.1) is 0 Å². The molecule has 150 valence electrons. The van der Waals surface area contributed by atoms with Gasteiger partial charge in [-0.1, -0.05) is 19.4 Å². The normalized spacial score (nSPS) is 46.1. The van der Waals surface area contributed by atoms with Gasteiger partial charge in [0.15, 0.2) is 5.78 Å². The molecule has 1 unspecified atom stereocenters. The van der Waals surface area contributed by atoms with Crippen molar-refractivity contribution in [2.24, 2.45) is 28.6 Å². The van der Waals surface area contributed by atoms with Crippen LogP contribution in [0, 0.1) is 28.6 Å². The first-order valence-corrected chi connectivity index (χ1v) is 10.9. The van der Waals surface area contributed by atoms with E-state index >= 15 is 0 Å². The third-order valence-corrected chi connectivity index (χ3v) is 9.03. The lowest BCUT2D eigenvalue weighted by molar-refractivity contribution is -0.163. The molecule has 4 aliphatic carbocycles. The van der Waals surface area contributed by atoms with Crippen molar-refractivity contribution >= 4 is 11.8 Å². The van der Waals surface area contributed by atoms with E-state index in [0.717, 1.165) is 38.5 Å². The van der Waals surface area contributed by atoms with Crippen LogP contribution in [-0.4, -0.2) is 29.1 Å².